The van der Waals surface area contributed by atoms with Crippen LogP contribution in [0.25, 0.3) is 66.4 Å². The van der Waals surface area contributed by atoms with Crippen LogP contribution >= 0.6 is 0 Å². The van der Waals surface area contributed by atoms with E-state index in [1.165, 1.54) is 77.2 Å². The molecule has 0 amide bonds. The first-order valence-electron chi connectivity index (χ1n) is 20.3. The summed E-state index contributed by atoms with van der Waals surface area (Å²) in [4.78, 5) is 15.8. The maximum Gasteiger partial charge on any atom is 0.163 e. The van der Waals surface area contributed by atoms with Crippen LogP contribution in [-0.4, -0.2) is 19.1 Å². The van der Waals surface area contributed by atoms with Gasteiger partial charge in [0.2, 0.25) is 0 Å². The van der Waals surface area contributed by atoms with E-state index in [0.717, 1.165) is 39.9 Å². The van der Waals surface area contributed by atoms with Gasteiger partial charge in [0.05, 0.1) is 56.2 Å². The highest BCUT2D eigenvalue weighted by Gasteiger charge is 2.43. The van der Waals surface area contributed by atoms with Crippen LogP contribution in [0.15, 0.2) is 146 Å². The molecule has 0 N–H and O–H groups in total. The summed E-state index contributed by atoms with van der Waals surface area (Å²) >= 11 is 0. The van der Waals surface area contributed by atoms with Crippen LogP contribution in [-0.2, 0) is 10.8 Å². The molecule has 14 rings (SSSR count). The molecule has 274 valence electrons. The first kappa shape index (κ1) is 31.0. The fraction of sp³-hybridized carbons (Fsp3) is 0.115. The number of hydrogen-bond donors (Lipinski definition) is 0. The Morgan fingerprint density at radius 2 is 0.776 bits per heavy atom. The molecule has 0 aliphatic carbocycles. The summed E-state index contributed by atoms with van der Waals surface area (Å²) < 4.78 is 5.08. The summed E-state index contributed by atoms with van der Waals surface area (Å²) in [7, 11) is 0. The van der Waals surface area contributed by atoms with Gasteiger partial charge in [-0.1, -0.05) is 143 Å². The molecule has 10 aromatic rings. The average Bonchev–Trinajstić information content (AvgIpc) is 3.78. The average molecular weight is 745 g/mol. The number of hydrogen-bond acceptors (Lipinski definition) is 4. The zero-order valence-electron chi connectivity index (χ0n) is 32.5. The molecule has 4 aliphatic heterocycles. The zero-order chi connectivity index (χ0) is 38.4. The number of fused-ring (bicyclic) bond motifs is 2. The summed E-state index contributed by atoms with van der Waals surface area (Å²) in [5.74, 6) is 2.34. The molecular formula is C52H36N6. The minimum Gasteiger partial charge on any atom is -0.304 e. The van der Waals surface area contributed by atoms with Crippen molar-refractivity contribution in [2.75, 3.05) is 9.80 Å². The SMILES string of the molecule is CC1(C)c2cccc3c2-n2c4c(cccc4c4cccc1c42)N3c1cc(N2c3cccc4c3-n3c5c2cccc5c2cccc(c23)C4(C)C)nc(-c2ccccc2)n1. The Labute approximate surface area is 334 Å². The van der Waals surface area contributed by atoms with Crippen LogP contribution in [0.1, 0.15) is 49.9 Å². The normalized spacial score (nSPS) is 15.8. The largest absolute Gasteiger partial charge is 0.304 e. The van der Waals surface area contributed by atoms with Gasteiger partial charge in [-0.15, -0.1) is 0 Å². The lowest BCUT2D eigenvalue weighted by atomic mass is 9.74. The van der Waals surface area contributed by atoms with Crippen molar-refractivity contribution in [1.82, 2.24) is 19.1 Å². The molecule has 0 saturated heterocycles. The molecule has 0 spiro atoms. The molecule has 4 aliphatic rings. The number of para-hydroxylation sites is 6. The predicted molar refractivity (Wildman–Crippen MR) is 237 cm³/mol. The van der Waals surface area contributed by atoms with Gasteiger partial charge >= 0.3 is 0 Å². The minimum absolute atomic E-state index is 0.199. The smallest absolute Gasteiger partial charge is 0.163 e. The molecule has 7 aromatic carbocycles. The number of benzene rings is 7. The second-order valence-electron chi connectivity index (χ2n) is 17.5. The van der Waals surface area contributed by atoms with Crippen molar-refractivity contribution in [3.63, 3.8) is 0 Å². The summed E-state index contributed by atoms with van der Waals surface area (Å²) in [5.41, 5.74) is 17.9. The summed E-state index contributed by atoms with van der Waals surface area (Å²) in [6, 6.07) is 53.5. The Morgan fingerprint density at radius 3 is 1.26 bits per heavy atom. The maximum absolute atomic E-state index is 5.52. The lowest BCUT2D eigenvalue weighted by molar-refractivity contribution is 0.629. The fourth-order valence-electron chi connectivity index (χ4n) is 11.3. The van der Waals surface area contributed by atoms with Crippen LogP contribution in [0.2, 0.25) is 0 Å². The van der Waals surface area contributed by atoms with E-state index in [4.69, 9.17) is 9.97 Å². The fourth-order valence-corrected chi connectivity index (χ4v) is 11.3. The van der Waals surface area contributed by atoms with Gasteiger partial charge < -0.3 is 9.13 Å². The molecular weight excluding hydrogens is 709 g/mol. The highest BCUT2D eigenvalue weighted by Crippen LogP contribution is 2.59. The van der Waals surface area contributed by atoms with E-state index in [1.54, 1.807) is 0 Å². The van der Waals surface area contributed by atoms with Gasteiger partial charge in [-0.2, -0.15) is 0 Å². The van der Waals surface area contributed by atoms with E-state index in [0.29, 0.717) is 5.82 Å². The van der Waals surface area contributed by atoms with Crippen LogP contribution in [0.3, 0.4) is 0 Å². The van der Waals surface area contributed by atoms with Crippen LogP contribution < -0.4 is 9.80 Å². The van der Waals surface area contributed by atoms with Crippen molar-refractivity contribution in [1.29, 1.82) is 0 Å². The van der Waals surface area contributed by atoms with E-state index in [-0.39, 0.29) is 10.8 Å². The van der Waals surface area contributed by atoms with Gasteiger partial charge in [0, 0.05) is 44.0 Å². The first-order chi connectivity index (χ1) is 28.3. The van der Waals surface area contributed by atoms with Gasteiger partial charge in [0.15, 0.2) is 5.82 Å². The number of nitrogens with zero attached hydrogens (tertiary/aromatic N) is 6. The third-order valence-corrected chi connectivity index (χ3v) is 13.9. The highest BCUT2D eigenvalue weighted by molar-refractivity contribution is 6.20. The molecule has 6 heteroatoms. The number of rotatable bonds is 3. The van der Waals surface area contributed by atoms with Crippen molar-refractivity contribution >= 4 is 78.0 Å². The Kier molecular flexibility index (Phi) is 5.35. The molecule has 58 heavy (non-hydrogen) atoms. The highest BCUT2D eigenvalue weighted by atomic mass is 15.3. The zero-order valence-corrected chi connectivity index (χ0v) is 32.5. The summed E-state index contributed by atoms with van der Waals surface area (Å²) in [6.45, 7) is 9.48. The molecule has 6 nitrogen and oxygen atoms in total. The quantitative estimate of drug-likeness (QED) is 0.181. The number of aromatic nitrogens is 4. The third kappa shape index (κ3) is 3.41. The second kappa shape index (κ2) is 10.0. The Balaban J connectivity index is 1.11. The molecule has 3 aromatic heterocycles. The molecule has 0 bridgehead atoms. The van der Waals surface area contributed by atoms with Crippen molar-refractivity contribution < 1.29 is 0 Å². The van der Waals surface area contributed by atoms with E-state index >= 15 is 0 Å². The maximum atomic E-state index is 5.52. The Morgan fingerprint density at radius 1 is 0.379 bits per heavy atom. The monoisotopic (exact) mass is 744 g/mol. The number of anilines is 6. The van der Waals surface area contributed by atoms with Crippen LogP contribution in [0.5, 0.6) is 0 Å². The summed E-state index contributed by atoms with van der Waals surface area (Å²) in [6.07, 6.45) is 0. The second-order valence-corrected chi connectivity index (χ2v) is 17.5. The van der Waals surface area contributed by atoms with E-state index in [1.807, 2.05) is 0 Å². The van der Waals surface area contributed by atoms with E-state index < -0.39 is 0 Å². The molecule has 0 saturated carbocycles. The van der Waals surface area contributed by atoms with Gasteiger partial charge in [-0.05, 0) is 46.5 Å². The van der Waals surface area contributed by atoms with Crippen molar-refractivity contribution in [3.05, 3.63) is 168 Å². The van der Waals surface area contributed by atoms with Crippen molar-refractivity contribution in [3.8, 4) is 22.8 Å². The third-order valence-electron chi connectivity index (χ3n) is 13.9. The Bertz CT molecular complexity index is 3320. The van der Waals surface area contributed by atoms with Gasteiger partial charge in [-0.3, -0.25) is 9.80 Å². The minimum atomic E-state index is -0.199. The lowest BCUT2D eigenvalue weighted by Gasteiger charge is -2.41. The lowest BCUT2D eigenvalue weighted by Crippen LogP contribution is -2.30. The topological polar surface area (TPSA) is 42.1 Å². The predicted octanol–water partition coefficient (Wildman–Crippen LogP) is 13.2. The molecule has 0 atom stereocenters. The van der Waals surface area contributed by atoms with E-state index in [9.17, 15) is 0 Å². The summed E-state index contributed by atoms with van der Waals surface area (Å²) in [5, 5.41) is 5.08. The van der Waals surface area contributed by atoms with Gasteiger partial charge in [-0.25, -0.2) is 9.97 Å². The molecule has 0 fully saturated rings. The Hall–Kier alpha value is -7.18. The van der Waals surface area contributed by atoms with E-state index in [2.05, 4.69) is 192 Å². The van der Waals surface area contributed by atoms with Crippen molar-refractivity contribution in [2.24, 2.45) is 0 Å². The van der Waals surface area contributed by atoms with Gasteiger partial charge in [0.25, 0.3) is 0 Å². The molecule has 0 unspecified atom stereocenters. The van der Waals surface area contributed by atoms with Crippen molar-refractivity contribution in [2.45, 2.75) is 38.5 Å². The standard InChI is InChI=1S/C52H36N6/c1-51(2)34-20-8-16-30-32-18-10-24-38-46(32)57(44(30)34)48-36(51)22-12-26-40(48)55(38)42-28-43(54-50(53-42)29-14-6-5-7-15-29)56-39-25-11-19-33-31-17-9-21-35-45(31)58(47(33)39)49-37(52(35,3)4)23-13-27-41(49)56/h5-28H,1-4H3. The first-order valence-corrected chi connectivity index (χ1v) is 20.3. The van der Waals surface area contributed by atoms with Crippen LogP contribution in [0, 0.1) is 0 Å². The van der Waals surface area contributed by atoms with Gasteiger partial charge in [0.1, 0.15) is 11.6 Å². The van der Waals surface area contributed by atoms with Crippen LogP contribution in [0.4, 0.5) is 34.4 Å². The molecule has 0 radical (unpaired) electrons. The molecule has 7 heterocycles.